The van der Waals surface area contributed by atoms with E-state index in [1.54, 1.807) is 30.3 Å². The third kappa shape index (κ3) is 8.42. The van der Waals surface area contributed by atoms with Crippen LogP contribution in [0.25, 0.3) is 0 Å². The van der Waals surface area contributed by atoms with E-state index in [4.69, 9.17) is 23.2 Å². The SMILES string of the molecule is CCCNC(=O)C(Cc1ccccc1)N(Cc1c(Cl)cccc1Cl)C(=O)CN(c1ccccc1F)S(=O)(=O)c1ccc(C)cc1. The highest BCUT2D eigenvalue weighted by molar-refractivity contribution is 7.92. The molecule has 11 heteroatoms. The van der Waals surface area contributed by atoms with Crippen LogP contribution >= 0.6 is 23.2 Å². The summed E-state index contributed by atoms with van der Waals surface area (Å²) >= 11 is 13.0. The number of rotatable bonds is 13. The van der Waals surface area contributed by atoms with E-state index in [0.29, 0.717) is 18.5 Å². The number of carbonyl (C=O) groups excluding carboxylic acids is 2. The molecule has 7 nitrogen and oxygen atoms in total. The van der Waals surface area contributed by atoms with Crippen molar-refractivity contribution in [3.63, 3.8) is 0 Å². The first-order valence-electron chi connectivity index (χ1n) is 14.4. The molecule has 0 aliphatic carbocycles. The fraction of sp³-hybridized carbons (Fsp3) is 0.235. The average Bonchev–Trinajstić information content (AvgIpc) is 3.02. The molecule has 1 atom stereocenters. The Balaban J connectivity index is 1.84. The van der Waals surface area contributed by atoms with Gasteiger partial charge >= 0.3 is 0 Å². The van der Waals surface area contributed by atoms with Gasteiger partial charge in [0, 0.05) is 35.1 Å². The molecule has 0 aliphatic rings. The van der Waals surface area contributed by atoms with Gasteiger partial charge in [-0.3, -0.25) is 13.9 Å². The molecule has 0 fully saturated rings. The molecule has 0 heterocycles. The van der Waals surface area contributed by atoms with Crippen LogP contribution in [0.1, 0.15) is 30.0 Å². The molecule has 0 radical (unpaired) electrons. The van der Waals surface area contributed by atoms with Crippen molar-refractivity contribution in [3.05, 3.63) is 130 Å². The molecule has 236 valence electrons. The van der Waals surface area contributed by atoms with Crippen molar-refractivity contribution in [2.75, 3.05) is 17.4 Å². The highest BCUT2D eigenvalue weighted by Crippen LogP contribution is 2.30. The molecule has 0 spiro atoms. The number of halogens is 3. The van der Waals surface area contributed by atoms with Gasteiger partial charge in [-0.15, -0.1) is 0 Å². The summed E-state index contributed by atoms with van der Waals surface area (Å²) in [7, 11) is -4.44. The molecule has 0 saturated carbocycles. The van der Waals surface area contributed by atoms with Crippen LogP contribution in [0.2, 0.25) is 10.0 Å². The standard InChI is InChI=1S/C34H34Cl2FN3O4S/c1-3-20-38-34(42)32(21-25-10-5-4-6-11-25)39(22-27-28(35)12-9-13-29(27)36)33(41)23-40(31-15-8-7-14-30(31)37)45(43,44)26-18-16-24(2)17-19-26/h4-19,32H,3,20-23H2,1-2H3,(H,38,42). The highest BCUT2D eigenvalue weighted by Gasteiger charge is 2.36. The van der Waals surface area contributed by atoms with Crippen molar-refractivity contribution in [1.82, 2.24) is 10.2 Å². The first-order chi connectivity index (χ1) is 21.5. The number of sulfonamides is 1. The number of benzene rings is 4. The van der Waals surface area contributed by atoms with Gasteiger partial charge < -0.3 is 10.2 Å². The quantitative estimate of drug-likeness (QED) is 0.170. The summed E-state index contributed by atoms with van der Waals surface area (Å²) in [5.74, 6) is -2.02. The lowest BCUT2D eigenvalue weighted by molar-refractivity contribution is -0.140. The molecular formula is C34H34Cl2FN3O4S. The van der Waals surface area contributed by atoms with Gasteiger partial charge in [-0.2, -0.15) is 0 Å². The molecule has 4 aromatic carbocycles. The molecule has 1 N–H and O–H groups in total. The van der Waals surface area contributed by atoms with Crippen LogP contribution in [-0.4, -0.2) is 44.3 Å². The average molecular weight is 671 g/mol. The van der Waals surface area contributed by atoms with Crippen LogP contribution < -0.4 is 9.62 Å². The molecule has 45 heavy (non-hydrogen) atoms. The lowest BCUT2D eigenvalue weighted by Crippen LogP contribution is -2.53. The number of anilines is 1. The van der Waals surface area contributed by atoms with Gasteiger partial charge in [-0.25, -0.2) is 12.8 Å². The normalized spacial score (nSPS) is 11.9. The lowest BCUT2D eigenvalue weighted by atomic mass is 10.0. The van der Waals surface area contributed by atoms with Gasteiger partial charge in [0.2, 0.25) is 11.8 Å². The van der Waals surface area contributed by atoms with Crippen LogP contribution in [0, 0.1) is 12.7 Å². The van der Waals surface area contributed by atoms with E-state index in [1.807, 2.05) is 44.2 Å². The monoisotopic (exact) mass is 669 g/mol. The second-order valence-electron chi connectivity index (χ2n) is 10.5. The molecule has 0 saturated heterocycles. The van der Waals surface area contributed by atoms with E-state index < -0.39 is 40.2 Å². The lowest BCUT2D eigenvalue weighted by Gasteiger charge is -2.34. The Morgan fingerprint density at radius 1 is 0.867 bits per heavy atom. The predicted octanol–water partition coefficient (Wildman–Crippen LogP) is 6.80. The summed E-state index contributed by atoms with van der Waals surface area (Å²) in [5, 5.41) is 3.41. The minimum Gasteiger partial charge on any atom is -0.354 e. The van der Waals surface area contributed by atoms with Crippen molar-refractivity contribution in [3.8, 4) is 0 Å². The van der Waals surface area contributed by atoms with Crippen molar-refractivity contribution < 1.29 is 22.4 Å². The van der Waals surface area contributed by atoms with Crippen molar-refractivity contribution >= 4 is 50.7 Å². The van der Waals surface area contributed by atoms with Crippen LogP contribution in [0.15, 0.2) is 102 Å². The number of hydrogen-bond donors (Lipinski definition) is 1. The maximum atomic E-state index is 15.2. The molecule has 0 aliphatic heterocycles. The Bertz CT molecular complexity index is 1720. The zero-order valence-electron chi connectivity index (χ0n) is 24.9. The Morgan fingerprint density at radius 2 is 1.49 bits per heavy atom. The van der Waals surface area contributed by atoms with Gasteiger partial charge in [-0.1, -0.05) is 96.4 Å². The number of amides is 2. The zero-order valence-corrected chi connectivity index (χ0v) is 27.2. The Labute approximate surface area is 273 Å². The fourth-order valence-corrected chi connectivity index (χ4v) is 6.72. The second kappa shape index (κ2) is 15.4. The van der Waals surface area contributed by atoms with Crippen LogP contribution in [-0.2, 0) is 32.6 Å². The highest BCUT2D eigenvalue weighted by atomic mass is 35.5. The van der Waals surface area contributed by atoms with E-state index in [0.717, 1.165) is 21.5 Å². The minimum atomic E-state index is -4.44. The van der Waals surface area contributed by atoms with E-state index >= 15 is 4.39 Å². The summed E-state index contributed by atoms with van der Waals surface area (Å²) < 4.78 is 44.0. The smallest absolute Gasteiger partial charge is 0.264 e. The summed E-state index contributed by atoms with van der Waals surface area (Å²) in [5.41, 5.74) is 1.68. The molecule has 1 unspecified atom stereocenters. The third-order valence-electron chi connectivity index (χ3n) is 7.22. The summed E-state index contributed by atoms with van der Waals surface area (Å²) in [4.78, 5) is 29.3. The van der Waals surface area contributed by atoms with Gasteiger partial charge in [0.15, 0.2) is 0 Å². The first-order valence-corrected chi connectivity index (χ1v) is 16.6. The molecule has 4 aromatic rings. The number of carbonyl (C=O) groups is 2. The zero-order chi connectivity index (χ0) is 32.6. The molecule has 0 bridgehead atoms. The van der Waals surface area contributed by atoms with E-state index in [9.17, 15) is 18.0 Å². The van der Waals surface area contributed by atoms with Gasteiger partial charge in [0.25, 0.3) is 10.0 Å². The first kappa shape index (κ1) is 34.0. The topological polar surface area (TPSA) is 86.8 Å². The number of nitrogens with one attached hydrogen (secondary N) is 1. The van der Waals surface area contributed by atoms with E-state index in [-0.39, 0.29) is 33.6 Å². The van der Waals surface area contributed by atoms with Crippen LogP contribution in [0.4, 0.5) is 10.1 Å². The Hall–Kier alpha value is -3.92. The fourth-order valence-electron chi connectivity index (χ4n) is 4.78. The van der Waals surface area contributed by atoms with E-state index in [2.05, 4.69) is 5.32 Å². The van der Waals surface area contributed by atoms with Crippen molar-refractivity contribution in [1.29, 1.82) is 0 Å². The van der Waals surface area contributed by atoms with Gasteiger partial charge in [-0.05, 0) is 55.3 Å². The number of nitrogens with zero attached hydrogens (tertiary/aromatic N) is 2. The maximum Gasteiger partial charge on any atom is 0.264 e. The maximum absolute atomic E-state index is 15.2. The van der Waals surface area contributed by atoms with Gasteiger partial charge in [0.1, 0.15) is 18.4 Å². The predicted molar refractivity (Wildman–Crippen MR) is 176 cm³/mol. The van der Waals surface area contributed by atoms with Crippen LogP contribution in [0.5, 0.6) is 0 Å². The largest absolute Gasteiger partial charge is 0.354 e. The number of para-hydroxylation sites is 1. The van der Waals surface area contributed by atoms with Crippen molar-refractivity contribution in [2.24, 2.45) is 0 Å². The van der Waals surface area contributed by atoms with Gasteiger partial charge in [0.05, 0.1) is 10.6 Å². The van der Waals surface area contributed by atoms with Crippen LogP contribution in [0.3, 0.4) is 0 Å². The number of aryl methyl sites for hydroxylation is 1. The summed E-state index contributed by atoms with van der Waals surface area (Å²) in [6.07, 6.45) is 0.776. The molecule has 4 rings (SSSR count). The Kier molecular flexibility index (Phi) is 11.6. The Morgan fingerprint density at radius 3 is 2.11 bits per heavy atom. The molecular weight excluding hydrogens is 636 g/mol. The summed E-state index contributed by atoms with van der Waals surface area (Å²) in [6.45, 7) is 3.07. The minimum absolute atomic E-state index is 0.119. The number of hydrogen-bond acceptors (Lipinski definition) is 4. The third-order valence-corrected chi connectivity index (χ3v) is 9.70. The van der Waals surface area contributed by atoms with E-state index in [1.165, 1.54) is 35.2 Å². The second-order valence-corrected chi connectivity index (χ2v) is 13.2. The summed E-state index contributed by atoms with van der Waals surface area (Å²) in [6, 6.07) is 24.3. The molecule has 2 amide bonds. The molecule has 0 aromatic heterocycles. The van der Waals surface area contributed by atoms with Crippen molar-refractivity contribution in [2.45, 2.75) is 44.2 Å².